The standard InChI is InChI=1S/C46H53F2N3O11/c1-23-15-32-31-10-7-26-16-28(52)11-12-43(26,4)45(31,48)35(53)18-44(32,5)46(23,58)36(54)22-60-41(56)30-20-51(27-8-9-27)37-29(39(30)55)17-33(47)38(40(37)59-6)50-14-13-49(24(2)19-50)21-34-25(3)61-42(57)62-34/h11-12,16-17,20,23-24,27,31-32,35,53,58H,7-10,13-15,18-19,21-22H2,1-6H3/t23-,24?,31-,32-,35-,43-,44-,45-,46-/m1/s1. The first-order valence-corrected chi connectivity index (χ1v) is 21.6. The van der Waals surface area contributed by atoms with Gasteiger partial charge in [-0.3, -0.25) is 19.3 Å². The van der Waals surface area contributed by atoms with Gasteiger partial charge in [0, 0.05) is 54.7 Å². The lowest BCUT2D eigenvalue weighted by Gasteiger charge is -2.62. The highest BCUT2D eigenvalue weighted by atomic mass is 19.1. The Labute approximate surface area is 356 Å². The van der Waals surface area contributed by atoms with Gasteiger partial charge in [-0.05, 0) is 89.4 Å². The van der Waals surface area contributed by atoms with E-state index in [9.17, 15) is 34.2 Å². The van der Waals surface area contributed by atoms with Crippen molar-refractivity contribution in [2.45, 2.75) is 109 Å². The van der Waals surface area contributed by atoms with Gasteiger partial charge in [0.25, 0.3) is 0 Å². The van der Waals surface area contributed by atoms with Crippen LogP contribution >= 0.6 is 0 Å². The Morgan fingerprint density at radius 1 is 1.06 bits per heavy atom. The molecule has 9 atom stereocenters. The van der Waals surface area contributed by atoms with E-state index < -0.39 is 86.9 Å². The number of methoxy groups -OCH3 is 1. The molecule has 5 fully saturated rings. The SMILES string of the molecule is COc1c(N2CCN(Cc3oc(=O)oc3C)C(C)C2)c(F)cc2c(=O)c(C(=O)OCC(=O)[C@]3(O)[C@H](C)C[C@@H]4[C@H]5CCC6=CC(=O)C=C[C@@]6(C)[C@]5(F)[C@H](O)C[C@]43C)cn(C3CC3)c12. The highest BCUT2D eigenvalue weighted by molar-refractivity contribution is 6.01. The van der Waals surface area contributed by atoms with Gasteiger partial charge in [-0.2, -0.15) is 0 Å². The minimum absolute atomic E-state index is 0.103. The monoisotopic (exact) mass is 861 g/mol. The van der Waals surface area contributed by atoms with Crippen LogP contribution in [0.5, 0.6) is 5.75 Å². The number of ether oxygens (including phenoxy) is 2. The Balaban J connectivity index is 0.969. The fourth-order valence-corrected chi connectivity index (χ4v) is 12.3. The zero-order chi connectivity index (χ0) is 44.4. The summed E-state index contributed by atoms with van der Waals surface area (Å²) < 4.78 is 57.4. The van der Waals surface area contributed by atoms with Crippen LogP contribution in [0.25, 0.3) is 10.9 Å². The van der Waals surface area contributed by atoms with Crippen LogP contribution in [0.3, 0.4) is 0 Å². The Hall–Kier alpha value is -4.93. The van der Waals surface area contributed by atoms with Crippen molar-refractivity contribution in [3.8, 4) is 5.75 Å². The maximum Gasteiger partial charge on any atom is 0.519 e. The van der Waals surface area contributed by atoms with Crippen molar-refractivity contribution in [3.63, 3.8) is 0 Å². The molecule has 2 aromatic heterocycles. The van der Waals surface area contributed by atoms with E-state index in [0.717, 1.165) is 18.9 Å². The second-order valence-electron chi connectivity index (χ2n) is 19.0. The van der Waals surface area contributed by atoms with Crippen molar-refractivity contribution in [2.75, 3.05) is 38.3 Å². The number of piperazine rings is 1. The van der Waals surface area contributed by atoms with E-state index in [-0.39, 0.29) is 47.5 Å². The molecule has 4 saturated carbocycles. The molecule has 16 heteroatoms. The zero-order valence-electron chi connectivity index (χ0n) is 35.8. The van der Waals surface area contributed by atoms with Gasteiger partial charge in [-0.15, -0.1) is 0 Å². The molecule has 2 N–H and O–H groups in total. The predicted octanol–water partition coefficient (Wildman–Crippen LogP) is 5.12. The van der Waals surface area contributed by atoms with Crippen molar-refractivity contribution in [1.82, 2.24) is 9.47 Å². The first kappa shape index (κ1) is 42.4. The smallest absolute Gasteiger partial charge is 0.492 e. The molecule has 14 nitrogen and oxygen atoms in total. The molecule has 0 radical (unpaired) electrons. The van der Waals surface area contributed by atoms with Crippen molar-refractivity contribution < 1.29 is 51.7 Å². The lowest BCUT2D eigenvalue weighted by Crippen LogP contribution is -2.69. The van der Waals surface area contributed by atoms with Gasteiger partial charge < -0.3 is 38.0 Å². The quantitative estimate of drug-likeness (QED) is 0.271. The molecule has 1 aliphatic heterocycles. The Morgan fingerprint density at radius 2 is 1.81 bits per heavy atom. The number of hydrogen-bond donors (Lipinski definition) is 2. The maximum atomic E-state index is 17.7. The normalized spacial score (nSPS) is 34.4. The van der Waals surface area contributed by atoms with Gasteiger partial charge in [-0.25, -0.2) is 18.4 Å². The molecule has 1 aromatic carbocycles. The first-order chi connectivity index (χ1) is 29.3. The number of aromatic nitrogens is 1. The third kappa shape index (κ3) is 5.98. The largest absolute Gasteiger partial charge is 0.519 e. The molecule has 5 aliphatic carbocycles. The maximum absolute atomic E-state index is 17.7. The second-order valence-corrected chi connectivity index (χ2v) is 19.0. The number of Topliss-reactive ketones (excluding diaryl/α,β-unsaturated/α-hetero) is 1. The minimum Gasteiger partial charge on any atom is -0.492 e. The van der Waals surface area contributed by atoms with Crippen molar-refractivity contribution in [2.24, 2.45) is 28.6 Å². The van der Waals surface area contributed by atoms with E-state index in [0.29, 0.717) is 61.6 Å². The fraction of sp³-hybridized carbons (Fsp3) is 0.587. The molecule has 62 heavy (non-hydrogen) atoms. The Bertz CT molecular complexity index is 2590. The molecule has 6 aliphatic rings. The number of ketones is 2. The number of fused-ring (bicyclic) bond motifs is 6. The summed E-state index contributed by atoms with van der Waals surface area (Å²) in [5.41, 5.74) is -6.95. The summed E-state index contributed by atoms with van der Waals surface area (Å²) in [6.07, 6.45) is 6.32. The number of carbonyl (C=O) groups excluding carboxylic acids is 3. The summed E-state index contributed by atoms with van der Waals surface area (Å²) in [6, 6.07) is 0.861. The van der Waals surface area contributed by atoms with Gasteiger partial charge in [0.2, 0.25) is 11.2 Å². The van der Waals surface area contributed by atoms with E-state index >= 15 is 8.78 Å². The summed E-state index contributed by atoms with van der Waals surface area (Å²) in [5.74, 6) is -4.70. The van der Waals surface area contributed by atoms with E-state index in [4.69, 9.17) is 18.3 Å². The fourth-order valence-electron chi connectivity index (χ4n) is 12.3. The van der Waals surface area contributed by atoms with Crippen LogP contribution in [0.4, 0.5) is 14.5 Å². The highest BCUT2D eigenvalue weighted by Gasteiger charge is 2.75. The highest BCUT2D eigenvalue weighted by Crippen LogP contribution is 2.70. The number of benzene rings is 1. The van der Waals surface area contributed by atoms with Crippen LogP contribution in [-0.2, 0) is 20.9 Å². The van der Waals surface area contributed by atoms with Crippen LogP contribution in [0.1, 0.15) is 94.1 Å². The van der Waals surface area contributed by atoms with E-state index in [1.807, 2.05) is 11.8 Å². The van der Waals surface area contributed by atoms with Gasteiger partial charge in [0.15, 0.2) is 35.4 Å². The van der Waals surface area contributed by atoms with Gasteiger partial charge in [-0.1, -0.05) is 25.5 Å². The summed E-state index contributed by atoms with van der Waals surface area (Å²) in [5, 5.41) is 24.1. The average molecular weight is 862 g/mol. The number of aryl methyl sites for hydroxylation is 1. The number of anilines is 1. The number of esters is 1. The molecule has 3 heterocycles. The molecular formula is C46H53F2N3O11. The summed E-state index contributed by atoms with van der Waals surface area (Å²) in [6.45, 7) is 9.38. The molecule has 0 bridgehead atoms. The number of halogens is 2. The third-order valence-corrected chi connectivity index (χ3v) is 15.8. The van der Waals surface area contributed by atoms with Crippen molar-refractivity contribution >= 4 is 34.1 Å². The van der Waals surface area contributed by atoms with Crippen LogP contribution in [0, 0.1) is 41.3 Å². The third-order valence-electron chi connectivity index (χ3n) is 15.8. The van der Waals surface area contributed by atoms with Gasteiger partial charge >= 0.3 is 11.8 Å². The number of aliphatic hydroxyl groups excluding tert-OH is 1. The van der Waals surface area contributed by atoms with Crippen LogP contribution in [0.15, 0.2) is 54.5 Å². The van der Waals surface area contributed by atoms with E-state index in [1.54, 1.807) is 38.3 Å². The van der Waals surface area contributed by atoms with Crippen LogP contribution < -0.4 is 20.9 Å². The molecule has 9 rings (SSSR count). The summed E-state index contributed by atoms with van der Waals surface area (Å²) >= 11 is 0. The van der Waals surface area contributed by atoms with Gasteiger partial charge in [0.05, 0.1) is 30.7 Å². The van der Waals surface area contributed by atoms with E-state index in [1.165, 1.54) is 25.5 Å². The second kappa shape index (κ2) is 14.6. The first-order valence-electron chi connectivity index (χ1n) is 21.6. The zero-order valence-corrected chi connectivity index (χ0v) is 35.8. The number of nitrogens with zero attached hydrogens (tertiary/aromatic N) is 3. The number of rotatable bonds is 9. The number of hydrogen-bond acceptors (Lipinski definition) is 13. The lowest BCUT2D eigenvalue weighted by atomic mass is 9.44. The lowest BCUT2D eigenvalue weighted by molar-refractivity contribution is -0.219. The van der Waals surface area contributed by atoms with E-state index in [2.05, 4.69) is 4.90 Å². The summed E-state index contributed by atoms with van der Waals surface area (Å²) in [7, 11) is 1.40. The molecule has 0 amide bonds. The van der Waals surface area contributed by atoms with Crippen molar-refractivity contribution in [3.05, 3.63) is 79.8 Å². The molecule has 0 spiro atoms. The average Bonchev–Trinajstić information content (AvgIpc) is 3.99. The predicted molar refractivity (Wildman–Crippen MR) is 220 cm³/mol. The Morgan fingerprint density at radius 3 is 2.47 bits per heavy atom. The molecular weight excluding hydrogens is 809 g/mol. The number of alkyl halides is 1. The summed E-state index contributed by atoms with van der Waals surface area (Å²) in [4.78, 5) is 70.1. The van der Waals surface area contributed by atoms with Gasteiger partial charge in [0.1, 0.15) is 22.6 Å². The molecule has 1 unspecified atom stereocenters. The molecule has 3 aromatic rings. The number of aliphatic hydroxyl groups is 2. The number of pyridine rings is 1. The number of allylic oxidation sites excluding steroid dienone is 4. The van der Waals surface area contributed by atoms with Crippen LogP contribution in [-0.4, -0.2) is 94.0 Å². The van der Waals surface area contributed by atoms with Crippen molar-refractivity contribution in [1.29, 1.82) is 0 Å². The molecule has 332 valence electrons. The molecule has 1 saturated heterocycles. The minimum atomic E-state index is -2.16. The topological polar surface area (TPSA) is 182 Å². The number of carbonyl (C=O) groups is 3. The Kier molecular flexibility index (Phi) is 9.95. The van der Waals surface area contributed by atoms with Crippen LogP contribution in [0.2, 0.25) is 0 Å².